The molecule has 1 aliphatic heterocycles. The van der Waals surface area contributed by atoms with Gasteiger partial charge in [-0.15, -0.1) is 0 Å². The molecular formula is C15H20BrNO2. The van der Waals surface area contributed by atoms with Gasteiger partial charge in [0.2, 0.25) is 0 Å². The molecule has 0 saturated heterocycles. The zero-order valence-corrected chi connectivity index (χ0v) is 13.0. The maximum absolute atomic E-state index is 6.09. The zero-order valence-electron chi connectivity index (χ0n) is 11.5. The van der Waals surface area contributed by atoms with Gasteiger partial charge in [-0.1, -0.05) is 0 Å². The molecular weight excluding hydrogens is 306 g/mol. The van der Waals surface area contributed by atoms with E-state index in [1.807, 2.05) is 13.8 Å². The van der Waals surface area contributed by atoms with Gasteiger partial charge >= 0.3 is 0 Å². The van der Waals surface area contributed by atoms with Gasteiger partial charge in [0.1, 0.15) is 0 Å². The standard InChI is InChI=1S/C15H20BrNO2/c1-14(2,17)7-10-5-11(16)13-12(6-10)18-8-15(3-4-15)9-19-13/h5-6H,3-4,7-9,17H2,1-2H3. The van der Waals surface area contributed by atoms with Crippen LogP contribution in [0.15, 0.2) is 16.6 Å². The highest BCUT2D eigenvalue weighted by Gasteiger charge is 2.46. The predicted molar refractivity (Wildman–Crippen MR) is 78.8 cm³/mol. The monoisotopic (exact) mass is 325 g/mol. The summed E-state index contributed by atoms with van der Waals surface area (Å²) in [6.45, 7) is 5.59. The Morgan fingerprint density at radius 1 is 1.26 bits per heavy atom. The highest BCUT2D eigenvalue weighted by atomic mass is 79.9. The fourth-order valence-corrected chi connectivity index (χ4v) is 3.06. The van der Waals surface area contributed by atoms with Crippen LogP contribution >= 0.6 is 15.9 Å². The molecule has 1 heterocycles. The lowest BCUT2D eigenvalue weighted by Gasteiger charge is -2.20. The summed E-state index contributed by atoms with van der Waals surface area (Å²) in [7, 11) is 0. The molecule has 4 heteroatoms. The summed E-state index contributed by atoms with van der Waals surface area (Å²) in [5.41, 5.74) is 7.31. The first-order valence-electron chi connectivity index (χ1n) is 6.74. The molecule has 0 amide bonds. The molecule has 0 aromatic heterocycles. The Morgan fingerprint density at radius 2 is 1.95 bits per heavy atom. The van der Waals surface area contributed by atoms with Gasteiger partial charge in [0.15, 0.2) is 11.5 Å². The Balaban J connectivity index is 1.89. The lowest BCUT2D eigenvalue weighted by atomic mass is 9.96. The average Bonchev–Trinajstić information content (AvgIpc) is 3.05. The summed E-state index contributed by atoms with van der Waals surface area (Å²) < 4.78 is 12.9. The molecule has 1 aliphatic carbocycles. The molecule has 0 radical (unpaired) electrons. The van der Waals surface area contributed by atoms with Crippen LogP contribution in [0.25, 0.3) is 0 Å². The quantitative estimate of drug-likeness (QED) is 0.907. The number of benzene rings is 1. The van der Waals surface area contributed by atoms with Crippen molar-refractivity contribution in [3.63, 3.8) is 0 Å². The molecule has 0 bridgehead atoms. The summed E-state index contributed by atoms with van der Waals surface area (Å²) in [4.78, 5) is 0. The number of hydrogen-bond acceptors (Lipinski definition) is 3. The van der Waals surface area contributed by atoms with E-state index in [0.717, 1.165) is 35.6 Å². The first-order chi connectivity index (χ1) is 8.87. The first-order valence-corrected chi connectivity index (χ1v) is 7.53. The van der Waals surface area contributed by atoms with Crippen molar-refractivity contribution in [3.8, 4) is 11.5 Å². The highest BCUT2D eigenvalue weighted by molar-refractivity contribution is 9.10. The van der Waals surface area contributed by atoms with Crippen molar-refractivity contribution in [1.82, 2.24) is 0 Å². The van der Waals surface area contributed by atoms with Crippen molar-refractivity contribution in [2.45, 2.75) is 38.6 Å². The molecule has 0 unspecified atom stereocenters. The summed E-state index contributed by atoms with van der Waals surface area (Å²) in [6.07, 6.45) is 3.23. The second kappa shape index (κ2) is 4.38. The minimum absolute atomic E-state index is 0.225. The first kappa shape index (κ1) is 13.3. The minimum atomic E-state index is -0.225. The Morgan fingerprint density at radius 3 is 2.58 bits per heavy atom. The number of nitrogens with two attached hydrogens (primary N) is 1. The number of rotatable bonds is 2. The number of fused-ring (bicyclic) bond motifs is 1. The molecule has 104 valence electrons. The van der Waals surface area contributed by atoms with E-state index in [1.165, 1.54) is 18.4 Å². The van der Waals surface area contributed by atoms with Crippen LogP contribution in [0, 0.1) is 5.41 Å². The SMILES string of the molecule is CC(C)(N)Cc1cc(Br)c2c(c1)OCC1(CC1)CO2. The van der Waals surface area contributed by atoms with Crippen LogP contribution in [0.1, 0.15) is 32.3 Å². The molecule has 19 heavy (non-hydrogen) atoms. The summed E-state index contributed by atoms with van der Waals surface area (Å²) >= 11 is 3.59. The van der Waals surface area contributed by atoms with E-state index >= 15 is 0 Å². The van der Waals surface area contributed by atoms with E-state index in [0.29, 0.717) is 0 Å². The van der Waals surface area contributed by atoms with Crippen LogP contribution in [-0.2, 0) is 6.42 Å². The Labute approximate surface area is 122 Å². The van der Waals surface area contributed by atoms with Crippen LogP contribution in [0.3, 0.4) is 0 Å². The van der Waals surface area contributed by atoms with Crippen LogP contribution in [-0.4, -0.2) is 18.8 Å². The molecule has 0 atom stereocenters. The Bertz CT molecular complexity index is 504. The Hall–Kier alpha value is -0.740. The molecule has 1 aromatic carbocycles. The molecule has 1 fully saturated rings. The van der Waals surface area contributed by atoms with Crippen LogP contribution in [0.2, 0.25) is 0 Å². The molecule has 1 saturated carbocycles. The number of halogens is 1. The smallest absolute Gasteiger partial charge is 0.175 e. The predicted octanol–water partition coefficient (Wildman–Crippen LogP) is 3.28. The lowest BCUT2D eigenvalue weighted by molar-refractivity contribution is 0.196. The van der Waals surface area contributed by atoms with Gasteiger partial charge in [0.25, 0.3) is 0 Å². The minimum Gasteiger partial charge on any atom is -0.489 e. The van der Waals surface area contributed by atoms with Gasteiger partial charge in [-0.25, -0.2) is 0 Å². The van der Waals surface area contributed by atoms with Crippen LogP contribution in [0.5, 0.6) is 11.5 Å². The normalized spacial score (nSPS) is 20.2. The molecule has 2 N–H and O–H groups in total. The average molecular weight is 326 g/mol. The van der Waals surface area contributed by atoms with Gasteiger partial charge in [-0.2, -0.15) is 0 Å². The maximum Gasteiger partial charge on any atom is 0.175 e. The van der Waals surface area contributed by atoms with Gasteiger partial charge in [0.05, 0.1) is 17.7 Å². The van der Waals surface area contributed by atoms with Gasteiger partial charge in [-0.05, 0) is 66.7 Å². The molecule has 1 spiro atoms. The third kappa shape index (κ3) is 2.90. The van der Waals surface area contributed by atoms with Crippen molar-refractivity contribution in [2.24, 2.45) is 11.1 Å². The number of ether oxygens (including phenoxy) is 2. The van der Waals surface area contributed by atoms with Crippen molar-refractivity contribution in [2.75, 3.05) is 13.2 Å². The third-order valence-electron chi connectivity index (χ3n) is 3.74. The molecule has 3 nitrogen and oxygen atoms in total. The van der Waals surface area contributed by atoms with Gasteiger partial charge in [-0.3, -0.25) is 0 Å². The van der Waals surface area contributed by atoms with Crippen molar-refractivity contribution in [3.05, 3.63) is 22.2 Å². The van der Waals surface area contributed by atoms with E-state index in [2.05, 4.69) is 28.1 Å². The second-order valence-corrected chi connectivity index (χ2v) is 7.50. The van der Waals surface area contributed by atoms with E-state index in [-0.39, 0.29) is 11.0 Å². The van der Waals surface area contributed by atoms with Crippen LogP contribution in [0.4, 0.5) is 0 Å². The van der Waals surface area contributed by atoms with E-state index < -0.39 is 0 Å². The van der Waals surface area contributed by atoms with Crippen LogP contribution < -0.4 is 15.2 Å². The topological polar surface area (TPSA) is 44.5 Å². The van der Waals surface area contributed by atoms with E-state index in [9.17, 15) is 0 Å². The molecule has 2 aliphatic rings. The van der Waals surface area contributed by atoms with Crippen molar-refractivity contribution < 1.29 is 9.47 Å². The fourth-order valence-electron chi connectivity index (χ4n) is 2.46. The Kier molecular flexibility index (Phi) is 3.06. The van der Waals surface area contributed by atoms with E-state index in [1.54, 1.807) is 0 Å². The maximum atomic E-state index is 6.09. The third-order valence-corrected chi connectivity index (χ3v) is 4.33. The molecule has 1 aromatic rings. The summed E-state index contributed by atoms with van der Waals surface area (Å²) in [5.74, 6) is 1.68. The second-order valence-electron chi connectivity index (χ2n) is 6.65. The van der Waals surface area contributed by atoms with Crippen molar-refractivity contribution >= 4 is 15.9 Å². The largest absolute Gasteiger partial charge is 0.489 e. The highest BCUT2D eigenvalue weighted by Crippen LogP contribution is 2.50. The summed E-state index contributed by atoms with van der Waals surface area (Å²) in [6, 6.07) is 4.15. The fraction of sp³-hybridized carbons (Fsp3) is 0.600. The van der Waals surface area contributed by atoms with Crippen molar-refractivity contribution in [1.29, 1.82) is 0 Å². The zero-order chi connectivity index (χ0) is 13.7. The lowest BCUT2D eigenvalue weighted by Crippen LogP contribution is -2.34. The summed E-state index contributed by atoms with van der Waals surface area (Å²) in [5, 5.41) is 0. The van der Waals surface area contributed by atoms with E-state index in [4.69, 9.17) is 15.2 Å². The number of hydrogen-bond donors (Lipinski definition) is 1. The molecule has 3 rings (SSSR count). The van der Waals surface area contributed by atoms with Gasteiger partial charge in [0, 0.05) is 11.0 Å². The van der Waals surface area contributed by atoms with Gasteiger partial charge < -0.3 is 15.2 Å².